The molecule has 2 amide bonds. The molecule has 18 heavy (non-hydrogen) atoms. The largest absolute Gasteiger partial charge is 0.368 e. The molecule has 0 saturated heterocycles. The second-order valence-corrected chi connectivity index (χ2v) is 6.29. The lowest BCUT2D eigenvalue weighted by Gasteiger charge is -2.35. The number of carbonyl (C=O) groups is 2. The number of nitrogens with two attached hydrogens (primary N) is 1. The van der Waals surface area contributed by atoms with Crippen LogP contribution in [0.4, 0.5) is 0 Å². The van der Waals surface area contributed by atoms with Gasteiger partial charge >= 0.3 is 0 Å². The number of likely N-dealkylation sites (N-methyl/N-ethyl adjacent to an activating group) is 1. The van der Waals surface area contributed by atoms with Gasteiger partial charge in [-0.2, -0.15) is 0 Å². The highest BCUT2D eigenvalue weighted by Gasteiger charge is 2.45. The Morgan fingerprint density at radius 3 is 2.44 bits per heavy atom. The average molecular weight is 287 g/mol. The third-order valence-electron chi connectivity index (χ3n) is 3.62. The summed E-state index contributed by atoms with van der Waals surface area (Å²) in [5.41, 5.74) is 4.67. The fraction of sp³-hybridized carbons (Fsp3) is 0.500. The van der Waals surface area contributed by atoms with Gasteiger partial charge in [0, 0.05) is 7.05 Å². The van der Waals surface area contributed by atoms with E-state index >= 15 is 0 Å². The van der Waals surface area contributed by atoms with E-state index in [1.54, 1.807) is 19.2 Å². The Labute approximate surface area is 115 Å². The molecule has 1 aromatic heterocycles. The van der Waals surface area contributed by atoms with Gasteiger partial charge in [-0.05, 0) is 25.0 Å². The van der Waals surface area contributed by atoms with E-state index in [4.69, 9.17) is 17.3 Å². The zero-order valence-electron chi connectivity index (χ0n) is 10.1. The van der Waals surface area contributed by atoms with Gasteiger partial charge in [-0.15, -0.1) is 11.3 Å². The van der Waals surface area contributed by atoms with E-state index in [0.29, 0.717) is 22.1 Å². The Hall–Kier alpha value is -1.07. The Morgan fingerprint density at radius 2 is 2.00 bits per heavy atom. The van der Waals surface area contributed by atoms with Crippen LogP contribution in [-0.2, 0) is 4.79 Å². The average Bonchev–Trinajstić information content (AvgIpc) is 2.96. The van der Waals surface area contributed by atoms with Crippen LogP contribution in [0, 0.1) is 0 Å². The topological polar surface area (TPSA) is 63.4 Å². The number of nitrogens with zero attached hydrogens (tertiary/aromatic N) is 1. The lowest BCUT2D eigenvalue weighted by atomic mass is 9.94. The smallest absolute Gasteiger partial charge is 0.264 e. The molecule has 0 aliphatic heterocycles. The molecule has 0 bridgehead atoms. The van der Waals surface area contributed by atoms with Gasteiger partial charge in [0.1, 0.15) is 5.54 Å². The number of amides is 2. The standard InChI is InChI=1S/C12H15ClN2O2S/c1-15(10(16)8-4-5-9(13)18-8)12(11(14)17)6-2-3-7-12/h4-5H,2-3,6-7H2,1H3,(H2,14,17). The summed E-state index contributed by atoms with van der Waals surface area (Å²) in [5.74, 6) is -0.605. The van der Waals surface area contributed by atoms with Crippen molar-refractivity contribution in [2.24, 2.45) is 5.73 Å². The molecule has 1 aliphatic rings. The first kappa shape index (κ1) is 13.4. The SMILES string of the molecule is CN(C(=O)c1ccc(Cl)s1)C1(C(N)=O)CCCC1. The maximum atomic E-state index is 12.3. The van der Waals surface area contributed by atoms with E-state index in [9.17, 15) is 9.59 Å². The summed E-state index contributed by atoms with van der Waals surface area (Å²) < 4.78 is 0.561. The molecular formula is C12H15ClN2O2S. The molecule has 1 heterocycles. The number of halogens is 1. The minimum Gasteiger partial charge on any atom is -0.368 e. The summed E-state index contributed by atoms with van der Waals surface area (Å²) in [6.07, 6.45) is 3.13. The van der Waals surface area contributed by atoms with Crippen molar-refractivity contribution in [2.75, 3.05) is 7.05 Å². The quantitative estimate of drug-likeness (QED) is 0.926. The second-order valence-electron chi connectivity index (χ2n) is 4.57. The van der Waals surface area contributed by atoms with Crippen molar-refractivity contribution in [2.45, 2.75) is 31.2 Å². The number of primary amides is 1. The van der Waals surface area contributed by atoms with E-state index in [1.807, 2.05) is 0 Å². The van der Waals surface area contributed by atoms with Gasteiger partial charge in [0.05, 0.1) is 9.21 Å². The number of hydrogen-bond donors (Lipinski definition) is 1. The molecule has 1 saturated carbocycles. The summed E-state index contributed by atoms with van der Waals surface area (Å²) in [4.78, 5) is 26.1. The van der Waals surface area contributed by atoms with E-state index in [-0.39, 0.29) is 5.91 Å². The molecule has 0 radical (unpaired) electrons. The van der Waals surface area contributed by atoms with Crippen LogP contribution in [-0.4, -0.2) is 29.3 Å². The minimum atomic E-state index is -0.826. The van der Waals surface area contributed by atoms with Crippen molar-refractivity contribution in [3.05, 3.63) is 21.3 Å². The molecule has 1 aliphatic carbocycles. The zero-order chi connectivity index (χ0) is 13.3. The van der Waals surface area contributed by atoms with Gasteiger partial charge in [-0.3, -0.25) is 9.59 Å². The van der Waals surface area contributed by atoms with E-state index < -0.39 is 11.4 Å². The minimum absolute atomic E-state index is 0.187. The van der Waals surface area contributed by atoms with Crippen LogP contribution in [0.2, 0.25) is 4.34 Å². The second kappa shape index (κ2) is 4.90. The molecule has 0 atom stereocenters. The summed E-state index contributed by atoms with van der Waals surface area (Å²) in [6, 6.07) is 3.36. The predicted molar refractivity (Wildman–Crippen MR) is 71.8 cm³/mol. The number of carbonyl (C=O) groups excluding carboxylic acids is 2. The molecule has 1 aromatic rings. The molecule has 4 nitrogen and oxygen atoms in total. The van der Waals surface area contributed by atoms with Crippen molar-refractivity contribution in [1.29, 1.82) is 0 Å². The maximum absolute atomic E-state index is 12.3. The fourth-order valence-corrected chi connectivity index (χ4v) is 3.51. The van der Waals surface area contributed by atoms with Gasteiger partial charge in [0.2, 0.25) is 5.91 Å². The fourth-order valence-electron chi connectivity index (χ4n) is 2.50. The van der Waals surface area contributed by atoms with Gasteiger partial charge < -0.3 is 10.6 Å². The van der Waals surface area contributed by atoms with Crippen LogP contribution in [0.15, 0.2) is 12.1 Å². The number of hydrogen-bond acceptors (Lipinski definition) is 3. The number of thiophene rings is 1. The van der Waals surface area contributed by atoms with Crippen LogP contribution in [0.25, 0.3) is 0 Å². The summed E-state index contributed by atoms with van der Waals surface area (Å²) >= 11 is 7.04. The lowest BCUT2D eigenvalue weighted by Crippen LogP contribution is -2.56. The Morgan fingerprint density at radius 1 is 1.39 bits per heavy atom. The highest BCUT2D eigenvalue weighted by Crippen LogP contribution is 2.36. The molecule has 6 heteroatoms. The van der Waals surface area contributed by atoms with Crippen molar-refractivity contribution < 1.29 is 9.59 Å². The van der Waals surface area contributed by atoms with Crippen LogP contribution in [0.5, 0.6) is 0 Å². The van der Waals surface area contributed by atoms with Crippen molar-refractivity contribution in [1.82, 2.24) is 4.90 Å². The predicted octanol–water partition coefficient (Wildman–Crippen LogP) is 2.27. The van der Waals surface area contributed by atoms with Crippen LogP contribution >= 0.6 is 22.9 Å². The first-order chi connectivity index (χ1) is 8.47. The molecule has 2 rings (SSSR count). The Kier molecular flexibility index (Phi) is 3.64. The molecule has 0 unspecified atom stereocenters. The van der Waals surface area contributed by atoms with Crippen LogP contribution in [0.3, 0.4) is 0 Å². The molecule has 0 spiro atoms. The van der Waals surface area contributed by atoms with Crippen molar-refractivity contribution in [3.8, 4) is 0 Å². The maximum Gasteiger partial charge on any atom is 0.264 e. The summed E-state index contributed by atoms with van der Waals surface area (Å²) in [7, 11) is 1.64. The number of rotatable bonds is 3. The van der Waals surface area contributed by atoms with E-state index in [2.05, 4.69) is 0 Å². The van der Waals surface area contributed by atoms with Gasteiger partial charge in [-0.1, -0.05) is 24.4 Å². The molecule has 0 aromatic carbocycles. The highest BCUT2D eigenvalue weighted by molar-refractivity contribution is 7.17. The highest BCUT2D eigenvalue weighted by atomic mass is 35.5. The molecular weight excluding hydrogens is 272 g/mol. The monoisotopic (exact) mass is 286 g/mol. The first-order valence-corrected chi connectivity index (χ1v) is 7.00. The third-order valence-corrected chi connectivity index (χ3v) is 4.84. The molecule has 2 N–H and O–H groups in total. The third kappa shape index (κ3) is 2.12. The van der Waals surface area contributed by atoms with Crippen molar-refractivity contribution in [3.63, 3.8) is 0 Å². The van der Waals surface area contributed by atoms with Crippen molar-refractivity contribution >= 4 is 34.8 Å². The summed E-state index contributed by atoms with van der Waals surface area (Å²) in [6.45, 7) is 0. The van der Waals surface area contributed by atoms with Crippen LogP contribution in [0.1, 0.15) is 35.4 Å². The van der Waals surface area contributed by atoms with E-state index in [0.717, 1.165) is 12.8 Å². The normalized spacial score (nSPS) is 17.7. The Balaban J connectivity index is 2.27. The zero-order valence-corrected chi connectivity index (χ0v) is 11.7. The van der Waals surface area contributed by atoms with Gasteiger partial charge in [0.15, 0.2) is 0 Å². The van der Waals surface area contributed by atoms with E-state index in [1.165, 1.54) is 16.2 Å². The Bertz CT molecular complexity index is 480. The summed E-state index contributed by atoms with van der Waals surface area (Å²) in [5, 5.41) is 0. The van der Waals surface area contributed by atoms with Crippen LogP contribution < -0.4 is 5.73 Å². The first-order valence-electron chi connectivity index (χ1n) is 5.81. The molecule has 1 fully saturated rings. The van der Waals surface area contributed by atoms with Gasteiger partial charge in [-0.25, -0.2) is 0 Å². The van der Waals surface area contributed by atoms with Gasteiger partial charge in [0.25, 0.3) is 5.91 Å². The molecule has 98 valence electrons. The lowest BCUT2D eigenvalue weighted by molar-refractivity contribution is -0.127.